The van der Waals surface area contributed by atoms with Gasteiger partial charge in [0.2, 0.25) is 0 Å². The minimum Gasteiger partial charge on any atom is -0.385 e. The van der Waals surface area contributed by atoms with Gasteiger partial charge >= 0.3 is 6.18 Å². The van der Waals surface area contributed by atoms with Gasteiger partial charge in [-0.15, -0.1) is 5.10 Å². The summed E-state index contributed by atoms with van der Waals surface area (Å²) in [5.74, 6) is 0.936. The van der Waals surface area contributed by atoms with Crippen LogP contribution in [0.3, 0.4) is 0 Å². The van der Waals surface area contributed by atoms with Gasteiger partial charge < -0.3 is 15.5 Å². The molecule has 8 nitrogen and oxygen atoms in total. The number of aromatic nitrogens is 4. The first-order chi connectivity index (χ1) is 17.9. The molecule has 0 unspecified atom stereocenters. The molecule has 38 heavy (non-hydrogen) atoms. The third-order valence-corrected chi connectivity index (χ3v) is 5.16. The molecule has 0 spiro atoms. The maximum absolute atomic E-state index is 12.1. The highest BCUT2D eigenvalue weighted by Gasteiger charge is 2.36. The van der Waals surface area contributed by atoms with Gasteiger partial charge in [0.05, 0.1) is 11.2 Å². The summed E-state index contributed by atoms with van der Waals surface area (Å²) < 4.78 is 51.2. The quantitative estimate of drug-likeness (QED) is 0.263. The van der Waals surface area contributed by atoms with E-state index in [0.29, 0.717) is 5.69 Å². The highest BCUT2D eigenvalue weighted by molar-refractivity contribution is 5.75. The summed E-state index contributed by atoms with van der Waals surface area (Å²) in [6, 6.07) is 7.73. The minimum absolute atomic E-state index is 0.00926. The lowest BCUT2D eigenvalue weighted by Crippen LogP contribution is -2.29. The number of carbonyl (C=O) groups excluding carboxylic acids is 1. The van der Waals surface area contributed by atoms with Crippen molar-refractivity contribution in [3.05, 3.63) is 54.5 Å². The largest absolute Gasteiger partial charge is 0.437 e. The number of hydrogen-bond donors (Lipinski definition) is 2. The van der Waals surface area contributed by atoms with Crippen molar-refractivity contribution in [3.8, 4) is 0 Å². The lowest BCUT2D eigenvalue weighted by Gasteiger charge is -2.20. The molecular weight excluding hydrogens is 502 g/mol. The maximum atomic E-state index is 12.1. The van der Waals surface area contributed by atoms with Crippen LogP contribution in [0.1, 0.15) is 50.3 Å². The smallest absolute Gasteiger partial charge is 0.385 e. The predicted molar refractivity (Wildman–Crippen MR) is 145 cm³/mol. The molecule has 0 bridgehead atoms. The number of aldehydes is 1. The van der Waals surface area contributed by atoms with Crippen molar-refractivity contribution in [2.24, 2.45) is 7.05 Å². The van der Waals surface area contributed by atoms with Crippen LogP contribution >= 0.6 is 0 Å². The molecule has 1 aliphatic heterocycles. The van der Waals surface area contributed by atoms with Crippen LogP contribution in [0.15, 0.2) is 43.1 Å². The maximum Gasteiger partial charge on any atom is 0.437 e. The molecule has 0 amide bonds. The van der Waals surface area contributed by atoms with Crippen molar-refractivity contribution >= 4 is 23.3 Å². The fraction of sp³-hybridized carbons (Fsp3) is 0.500. The fourth-order valence-corrected chi connectivity index (χ4v) is 3.21. The van der Waals surface area contributed by atoms with Gasteiger partial charge in [-0.2, -0.15) is 18.3 Å². The molecule has 212 valence electrons. The number of hydrogen-bond acceptors (Lipinski definition) is 6. The van der Waals surface area contributed by atoms with Crippen LogP contribution in [-0.4, -0.2) is 64.6 Å². The van der Waals surface area contributed by atoms with Crippen molar-refractivity contribution < 1.29 is 22.4 Å². The van der Waals surface area contributed by atoms with E-state index in [1.165, 1.54) is 40.2 Å². The van der Waals surface area contributed by atoms with E-state index in [9.17, 15) is 22.4 Å². The number of carbonyl (C=O) groups is 1. The van der Waals surface area contributed by atoms with E-state index >= 15 is 0 Å². The summed E-state index contributed by atoms with van der Waals surface area (Å²) >= 11 is 0. The van der Waals surface area contributed by atoms with Gasteiger partial charge in [-0.1, -0.05) is 26.5 Å². The predicted octanol–water partition coefficient (Wildman–Crippen LogP) is 5.37. The van der Waals surface area contributed by atoms with Gasteiger partial charge in [0.25, 0.3) is 0 Å². The summed E-state index contributed by atoms with van der Waals surface area (Å²) in [7, 11) is 2.86. The normalized spacial score (nSPS) is 13.6. The molecule has 1 saturated heterocycles. The lowest BCUT2D eigenvalue weighted by molar-refractivity contribution is -0.140. The molecule has 4 rings (SSSR count). The third-order valence-electron chi connectivity index (χ3n) is 5.16. The number of alkyl halides is 4. The van der Waals surface area contributed by atoms with E-state index in [2.05, 4.69) is 32.3 Å². The average molecular weight is 542 g/mol. The summed E-state index contributed by atoms with van der Waals surface area (Å²) in [5.41, 5.74) is -0.536. The van der Waals surface area contributed by atoms with E-state index in [1.54, 1.807) is 10.6 Å². The summed E-state index contributed by atoms with van der Waals surface area (Å²) in [4.78, 5) is 13.2. The molecule has 3 aromatic rings. The Kier molecular flexibility index (Phi) is 13.0. The van der Waals surface area contributed by atoms with E-state index in [-0.39, 0.29) is 5.69 Å². The molecule has 0 saturated carbocycles. The molecule has 0 aromatic carbocycles. The van der Waals surface area contributed by atoms with Crippen molar-refractivity contribution in [2.75, 3.05) is 43.4 Å². The molecule has 1 fully saturated rings. The minimum atomic E-state index is -4.39. The first kappa shape index (κ1) is 32.6. The number of rotatable bonds is 4. The Hall–Kier alpha value is -3.41. The van der Waals surface area contributed by atoms with Gasteiger partial charge in [-0.05, 0) is 51.1 Å². The lowest BCUT2D eigenvalue weighted by atomic mass is 10.2. The molecule has 2 N–H and O–H groups in total. The van der Waals surface area contributed by atoms with Crippen LogP contribution in [0.4, 0.5) is 29.1 Å². The first-order valence-electron chi connectivity index (χ1n) is 12.4. The van der Waals surface area contributed by atoms with Crippen LogP contribution in [-0.2, 0) is 13.2 Å². The number of nitrogens with one attached hydrogen (secondary N) is 2. The van der Waals surface area contributed by atoms with E-state index in [4.69, 9.17) is 0 Å². The first-order valence-corrected chi connectivity index (χ1v) is 12.4. The third kappa shape index (κ3) is 10.2. The average Bonchev–Trinajstić information content (AvgIpc) is 3.37. The Labute approximate surface area is 221 Å². The molecule has 0 atom stereocenters. The van der Waals surface area contributed by atoms with E-state index in [0.717, 1.165) is 54.9 Å². The van der Waals surface area contributed by atoms with Crippen molar-refractivity contribution in [1.82, 2.24) is 24.7 Å². The topological polar surface area (TPSA) is 79.5 Å². The van der Waals surface area contributed by atoms with Gasteiger partial charge in [-0.25, -0.2) is 8.91 Å². The van der Waals surface area contributed by atoms with Gasteiger partial charge in [0.15, 0.2) is 12.0 Å². The van der Waals surface area contributed by atoms with E-state index < -0.39 is 17.5 Å². The second-order valence-electron chi connectivity index (χ2n) is 8.58. The SMILES string of the molecule is C=CC(C)(C)F.CC.CNc1cn(C)nc1C(F)(F)F.O=Cc1ccc2ccc(N3CCCNCC3)nn12. The zero-order valence-corrected chi connectivity index (χ0v) is 22.9. The summed E-state index contributed by atoms with van der Waals surface area (Å²) in [6.07, 6.45) is 0.120. The van der Waals surface area contributed by atoms with Crippen LogP contribution in [0.25, 0.3) is 5.52 Å². The van der Waals surface area contributed by atoms with Crippen molar-refractivity contribution in [2.45, 2.75) is 46.0 Å². The number of fused-ring (bicyclic) bond motifs is 1. The highest BCUT2D eigenvalue weighted by Crippen LogP contribution is 2.32. The number of allylic oxidation sites excluding steroid dienone is 1. The monoisotopic (exact) mass is 541 g/mol. The molecule has 0 radical (unpaired) electrons. The molecule has 0 aliphatic carbocycles. The zero-order valence-electron chi connectivity index (χ0n) is 22.9. The summed E-state index contributed by atoms with van der Waals surface area (Å²) in [5, 5.41) is 13.6. The van der Waals surface area contributed by atoms with Crippen LogP contribution in [0.5, 0.6) is 0 Å². The Bertz CT molecular complexity index is 1130. The number of anilines is 2. The Balaban J connectivity index is 0.000000313. The molecule has 12 heteroatoms. The molecular formula is C26H39F4N7O. The number of aryl methyl sites for hydroxylation is 1. The Morgan fingerprint density at radius 1 is 1.05 bits per heavy atom. The fourth-order valence-electron chi connectivity index (χ4n) is 3.21. The second-order valence-corrected chi connectivity index (χ2v) is 8.58. The van der Waals surface area contributed by atoms with Crippen LogP contribution < -0.4 is 15.5 Å². The van der Waals surface area contributed by atoms with Crippen molar-refractivity contribution in [1.29, 1.82) is 0 Å². The molecule has 3 aromatic heterocycles. The van der Waals surface area contributed by atoms with Crippen LogP contribution in [0.2, 0.25) is 0 Å². The Morgan fingerprint density at radius 2 is 1.68 bits per heavy atom. The number of nitrogens with zero attached hydrogens (tertiary/aromatic N) is 5. The number of halogens is 4. The zero-order chi connectivity index (χ0) is 28.9. The van der Waals surface area contributed by atoms with Gasteiger partial charge in [0.1, 0.15) is 17.2 Å². The highest BCUT2D eigenvalue weighted by atomic mass is 19.4. The Morgan fingerprint density at radius 3 is 2.21 bits per heavy atom. The molecule has 1 aliphatic rings. The van der Waals surface area contributed by atoms with Gasteiger partial charge in [-0.3, -0.25) is 9.48 Å². The van der Waals surface area contributed by atoms with Gasteiger partial charge in [0, 0.05) is 39.9 Å². The second kappa shape index (κ2) is 15.1. The van der Waals surface area contributed by atoms with Crippen molar-refractivity contribution in [3.63, 3.8) is 0 Å². The summed E-state index contributed by atoms with van der Waals surface area (Å²) in [6.45, 7) is 14.2. The van der Waals surface area contributed by atoms with Crippen LogP contribution in [0, 0.1) is 0 Å². The van der Waals surface area contributed by atoms with E-state index in [1.807, 2.05) is 32.0 Å². The molecule has 4 heterocycles. The standard InChI is InChI=1S/C13H16N4O.C6H8F3N3.C5H9F.C2H6/c18-10-12-3-2-11-4-5-13(15-17(11)12)16-8-1-6-14-7-9-16;1-10-4-3-12(2)11-5(4)6(7,8)9;1-4-5(2,3)6;1-2/h2-5,10,14H,1,6-9H2;3,10H,1-2H3;4H,1H2,2-3H3;1-2H3.